The van der Waals surface area contributed by atoms with Gasteiger partial charge >= 0.3 is 0 Å². The van der Waals surface area contributed by atoms with Crippen molar-refractivity contribution in [1.82, 2.24) is 9.97 Å². The topological polar surface area (TPSA) is 90.1 Å². The molecule has 0 saturated heterocycles. The molecule has 0 aliphatic rings. The van der Waals surface area contributed by atoms with Gasteiger partial charge in [0.2, 0.25) is 0 Å². The first-order valence-electron chi connectivity index (χ1n) is 5.22. The number of rotatable bonds is 4. The van der Waals surface area contributed by atoms with Gasteiger partial charge in [0.1, 0.15) is 5.75 Å². The highest BCUT2D eigenvalue weighted by molar-refractivity contribution is 5.96. The van der Waals surface area contributed by atoms with Gasteiger partial charge in [-0.25, -0.2) is 9.97 Å². The molecule has 92 valence electrons. The van der Waals surface area contributed by atoms with Gasteiger partial charge in [-0.1, -0.05) is 6.07 Å². The summed E-state index contributed by atoms with van der Waals surface area (Å²) in [6.45, 7) is 0. The largest absolute Gasteiger partial charge is 0.497 e. The van der Waals surface area contributed by atoms with Crippen LogP contribution in [0.15, 0.2) is 36.7 Å². The maximum absolute atomic E-state index is 11.2. The molecular formula is C12H12N4O2. The minimum atomic E-state index is -0.631. The average molecular weight is 244 g/mol. The predicted octanol–water partition coefficient (Wildman–Crippen LogP) is 1.33. The smallest absolute Gasteiger partial charge is 0.271 e. The molecule has 18 heavy (non-hydrogen) atoms. The van der Waals surface area contributed by atoms with E-state index in [0.29, 0.717) is 11.6 Å². The van der Waals surface area contributed by atoms with Crippen LogP contribution < -0.4 is 15.8 Å². The third-order valence-electron chi connectivity index (χ3n) is 2.26. The van der Waals surface area contributed by atoms with Crippen LogP contribution in [0.3, 0.4) is 0 Å². The Hall–Kier alpha value is -2.63. The lowest BCUT2D eigenvalue weighted by atomic mass is 10.3. The molecule has 0 unspecified atom stereocenters. The first-order valence-corrected chi connectivity index (χ1v) is 5.22. The third kappa shape index (κ3) is 2.54. The number of nitrogens with two attached hydrogens (primary N) is 1. The first kappa shape index (κ1) is 11.8. The van der Waals surface area contributed by atoms with E-state index in [2.05, 4.69) is 15.3 Å². The fourth-order valence-electron chi connectivity index (χ4n) is 1.45. The number of ether oxygens (including phenoxy) is 1. The standard InChI is InChI=1S/C12H12N4O2/c1-18-9-4-2-3-8(7-9)16-12-10(11(13)17)14-5-6-15-12/h2-7H,1H3,(H2,13,17)(H,15,16). The normalized spacial score (nSPS) is 9.83. The van der Waals surface area contributed by atoms with Gasteiger partial charge < -0.3 is 15.8 Å². The highest BCUT2D eigenvalue weighted by Crippen LogP contribution is 2.21. The van der Waals surface area contributed by atoms with Crippen LogP contribution in [0.4, 0.5) is 11.5 Å². The van der Waals surface area contributed by atoms with Crippen LogP contribution in [0.5, 0.6) is 5.75 Å². The zero-order valence-corrected chi connectivity index (χ0v) is 9.75. The maximum atomic E-state index is 11.2. The number of amides is 1. The SMILES string of the molecule is COc1cccc(Nc2nccnc2C(N)=O)c1. The molecule has 0 bridgehead atoms. The second kappa shape index (κ2) is 5.13. The molecule has 2 rings (SSSR count). The van der Waals surface area contributed by atoms with E-state index >= 15 is 0 Å². The van der Waals surface area contributed by atoms with Gasteiger partial charge in [0.05, 0.1) is 7.11 Å². The minimum Gasteiger partial charge on any atom is -0.497 e. The summed E-state index contributed by atoms with van der Waals surface area (Å²) in [5, 5.41) is 2.97. The van der Waals surface area contributed by atoms with E-state index in [1.165, 1.54) is 12.4 Å². The number of primary amides is 1. The fourth-order valence-corrected chi connectivity index (χ4v) is 1.45. The van der Waals surface area contributed by atoms with Gasteiger partial charge in [-0.2, -0.15) is 0 Å². The summed E-state index contributed by atoms with van der Waals surface area (Å²) >= 11 is 0. The Morgan fingerprint density at radius 3 is 2.83 bits per heavy atom. The van der Waals surface area contributed by atoms with Crippen LogP contribution in [0.25, 0.3) is 0 Å². The summed E-state index contributed by atoms with van der Waals surface area (Å²) in [5.41, 5.74) is 6.05. The summed E-state index contributed by atoms with van der Waals surface area (Å²) < 4.78 is 5.10. The Bertz CT molecular complexity index is 572. The van der Waals surface area contributed by atoms with Crippen LogP contribution in [0.1, 0.15) is 10.5 Å². The second-order valence-electron chi connectivity index (χ2n) is 3.47. The molecule has 1 heterocycles. The number of methoxy groups -OCH3 is 1. The Balaban J connectivity index is 2.31. The maximum Gasteiger partial charge on any atom is 0.271 e. The summed E-state index contributed by atoms with van der Waals surface area (Å²) in [5.74, 6) is 0.385. The van der Waals surface area contributed by atoms with Crippen LogP contribution >= 0.6 is 0 Å². The van der Waals surface area contributed by atoms with E-state index in [1.807, 2.05) is 18.2 Å². The summed E-state index contributed by atoms with van der Waals surface area (Å²) in [6, 6.07) is 7.24. The zero-order valence-electron chi connectivity index (χ0n) is 9.75. The van der Waals surface area contributed by atoms with Crippen molar-refractivity contribution in [3.05, 3.63) is 42.4 Å². The molecule has 0 aliphatic heterocycles. The van der Waals surface area contributed by atoms with E-state index in [4.69, 9.17) is 10.5 Å². The molecule has 6 heteroatoms. The predicted molar refractivity (Wildman–Crippen MR) is 66.8 cm³/mol. The van der Waals surface area contributed by atoms with Crippen LogP contribution in [0, 0.1) is 0 Å². The molecule has 1 aromatic carbocycles. The van der Waals surface area contributed by atoms with Gasteiger partial charge in [0.25, 0.3) is 5.91 Å². The third-order valence-corrected chi connectivity index (χ3v) is 2.26. The number of carbonyl (C=O) groups excluding carboxylic acids is 1. The van der Waals surface area contributed by atoms with Crippen molar-refractivity contribution >= 4 is 17.4 Å². The number of nitrogens with zero attached hydrogens (tertiary/aromatic N) is 2. The molecule has 3 N–H and O–H groups in total. The second-order valence-corrected chi connectivity index (χ2v) is 3.47. The van der Waals surface area contributed by atoms with Gasteiger partial charge in [-0.3, -0.25) is 4.79 Å². The van der Waals surface area contributed by atoms with Gasteiger partial charge in [-0.15, -0.1) is 0 Å². The molecule has 0 radical (unpaired) electrons. The van der Waals surface area contributed by atoms with Crippen molar-refractivity contribution in [1.29, 1.82) is 0 Å². The Morgan fingerprint density at radius 2 is 2.11 bits per heavy atom. The van der Waals surface area contributed by atoms with Crippen molar-refractivity contribution in [2.45, 2.75) is 0 Å². The van der Waals surface area contributed by atoms with E-state index in [1.54, 1.807) is 13.2 Å². The molecule has 1 amide bonds. The number of carbonyl (C=O) groups is 1. The molecule has 0 atom stereocenters. The van der Waals surface area contributed by atoms with E-state index < -0.39 is 5.91 Å². The zero-order chi connectivity index (χ0) is 13.0. The summed E-state index contributed by atoms with van der Waals surface area (Å²) in [6.07, 6.45) is 2.89. The molecule has 0 spiro atoms. The van der Waals surface area contributed by atoms with Gasteiger partial charge in [0.15, 0.2) is 11.5 Å². The van der Waals surface area contributed by atoms with Crippen LogP contribution in [0.2, 0.25) is 0 Å². The molecule has 0 saturated carbocycles. The lowest BCUT2D eigenvalue weighted by molar-refractivity contribution is 0.0996. The van der Waals surface area contributed by atoms with Crippen molar-refractivity contribution in [2.75, 3.05) is 12.4 Å². The molecular weight excluding hydrogens is 232 g/mol. The highest BCUT2D eigenvalue weighted by Gasteiger charge is 2.10. The fraction of sp³-hybridized carbons (Fsp3) is 0.0833. The summed E-state index contributed by atoms with van der Waals surface area (Å²) in [7, 11) is 1.58. The lowest BCUT2D eigenvalue weighted by Gasteiger charge is -2.08. The van der Waals surface area contributed by atoms with Gasteiger partial charge in [0, 0.05) is 24.1 Å². The van der Waals surface area contributed by atoms with Crippen molar-refractivity contribution in [2.24, 2.45) is 5.73 Å². The molecule has 0 fully saturated rings. The number of nitrogens with one attached hydrogen (secondary N) is 1. The Morgan fingerprint density at radius 1 is 1.33 bits per heavy atom. The van der Waals surface area contributed by atoms with E-state index in [9.17, 15) is 4.79 Å². The van der Waals surface area contributed by atoms with Crippen LogP contribution in [-0.4, -0.2) is 23.0 Å². The lowest BCUT2D eigenvalue weighted by Crippen LogP contribution is -2.16. The first-order chi connectivity index (χ1) is 8.70. The monoisotopic (exact) mass is 244 g/mol. The van der Waals surface area contributed by atoms with E-state index in [0.717, 1.165) is 5.69 Å². The summed E-state index contributed by atoms with van der Waals surface area (Å²) in [4.78, 5) is 19.1. The van der Waals surface area contributed by atoms with Crippen molar-refractivity contribution in [3.63, 3.8) is 0 Å². The molecule has 2 aromatic rings. The molecule has 0 aliphatic carbocycles. The average Bonchev–Trinajstić information content (AvgIpc) is 2.39. The highest BCUT2D eigenvalue weighted by atomic mass is 16.5. The number of hydrogen-bond acceptors (Lipinski definition) is 5. The number of anilines is 2. The Kier molecular flexibility index (Phi) is 3.38. The molecule has 6 nitrogen and oxygen atoms in total. The minimum absolute atomic E-state index is 0.0975. The van der Waals surface area contributed by atoms with Gasteiger partial charge in [-0.05, 0) is 12.1 Å². The van der Waals surface area contributed by atoms with Crippen LogP contribution in [-0.2, 0) is 0 Å². The number of aromatic nitrogens is 2. The number of benzene rings is 1. The molecule has 1 aromatic heterocycles. The van der Waals surface area contributed by atoms with E-state index in [-0.39, 0.29) is 5.69 Å². The van der Waals surface area contributed by atoms with Crippen molar-refractivity contribution < 1.29 is 9.53 Å². The van der Waals surface area contributed by atoms with Crippen molar-refractivity contribution in [3.8, 4) is 5.75 Å². The Labute approximate surface area is 104 Å². The number of hydrogen-bond donors (Lipinski definition) is 2. The quantitative estimate of drug-likeness (QED) is 0.846.